The van der Waals surface area contributed by atoms with Gasteiger partial charge in [0.15, 0.2) is 5.78 Å². The summed E-state index contributed by atoms with van der Waals surface area (Å²) in [7, 11) is 0. The van der Waals surface area contributed by atoms with Crippen LogP contribution < -0.4 is 16.4 Å². The second-order valence-corrected chi connectivity index (χ2v) is 14.6. The minimum Gasteiger partial charge on any atom is -0.363 e. The molecule has 0 aromatic rings. The molecule has 0 radical (unpaired) electrons. The Labute approximate surface area is 240 Å². The van der Waals surface area contributed by atoms with Gasteiger partial charge in [0.2, 0.25) is 11.7 Å². The molecule has 0 aromatic heterocycles. The van der Waals surface area contributed by atoms with E-state index >= 15 is 0 Å². The molecule has 0 aromatic carbocycles. The fourth-order valence-electron chi connectivity index (χ4n) is 6.60. The van der Waals surface area contributed by atoms with Gasteiger partial charge in [0.05, 0.1) is 6.04 Å². The number of Topliss-reactive ketones (excluding diaryl/α,β-unsaturated/α-hetero) is 2. The number of halogens is 2. The smallest absolute Gasteiger partial charge is 0.315 e. The summed E-state index contributed by atoms with van der Waals surface area (Å²) in [6.45, 7) is 5.76. The molecule has 1 aliphatic heterocycles. The fraction of sp³-hybridized carbons (Fsp3) is 0.821. The summed E-state index contributed by atoms with van der Waals surface area (Å²) in [4.78, 5) is 66.5. The van der Waals surface area contributed by atoms with E-state index in [0.717, 1.165) is 51.4 Å². The minimum atomic E-state index is -1.14. The Kier molecular flexibility index (Phi) is 8.91. The van der Waals surface area contributed by atoms with Gasteiger partial charge in [-0.25, -0.2) is 4.79 Å². The van der Waals surface area contributed by atoms with Crippen molar-refractivity contribution < 1.29 is 24.0 Å². The fourth-order valence-corrected chi connectivity index (χ4v) is 7.43. The number of carbonyl (C=O) groups excluding carboxylic acids is 5. The van der Waals surface area contributed by atoms with Crippen molar-refractivity contribution in [3.63, 3.8) is 0 Å². The predicted octanol–water partition coefficient (Wildman–Crippen LogP) is 3.48. The van der Waals surface area contributed by atoms with Crippen LogP contribution in [-0.2, 0) is 19.2 Å². The van der Waals surface area contributed by atoms with Gasteiger partial charge in [-0.3, -0.25) is 19.2 Å². The van der Waals surface area contributed by atoms with Crippen molar-refractivity contribution in [2.75, 3.05) is 6.54 Å². The van der Waals surface area contributed by atoms with E-state index in [2.05, 4.69) is 10.6 Å². The number of hydrogen-bond donors (Lipinski definition) is 3. The Hall–Kier alpha value is -1.87. The van der Waals surface area contributed by atoms with Gasteiger partial charge in [0.1, 0.15) is 10.4 Å². The van der Waals surface area contributed by atoms with Crippen molar-refractivity contribution in [3.05, 3.63) is 0 Å². The van der Waals surface area contributed by atoms with E-state index < -0.39 is 51.4 Å². The third kappa shape index (κ3) is 6.55. The standard InChI is InChI=1S/C28H42Cl2N4O5/c1-27(2,3)23(33-26(39)32-17-10-5-4-6-11-17)25(38)34-14-18-20(28(18,29)30)21(34)19(35)13-16(22(36)24(31)37)12-15-8-7-9-15/h15-18,20-21,23H,4-14H2,1-3H3,(H2,31,37)(H2,32,33,39)/t16?,18-,20-,21+,23+/m0/s1. The lowest BCUT2D eigenvalue weighted by Gasteiger charge is -2.38. The van der Waals surface area contributed by atoms with E-state index in [-0.39, 0.29) is 42.5 Å². The van der Waals surface area contributed by atoms with Crippen LogP contribution in [0.4, 0.5) is 4.79 Å². The number of amides is 4. The monoisotopic (exact) mass is 584 g/mol. The number of nitrogens with two attached hydrogens (primary N) is 1. The molecule has 11 heteroatoms. The lowest BCUT2D eigenvalue weighted by molar-refractivity contribution is -0.144. The van der Waals surface area contributed by atoms with Crippen molar-refractivity contribution in [2.24, 2.45) is 34.8 Å². The summed E-state index contributed by atoms with van der Waals surface area (Å²) in [5.74, 6) is -3.85. The zero-order chi connectivity index (χ0) is 28.7. The number of likely N-dealkylation sites (tertiary alicyclic amines) is 1. The maximum absolute atomic E-state index is 14.0. The maximum atomic E-state index is 14.0. The van der Waals surface area contributed by atoms with Crippen LogP contribution in [0, 0.1) is 29.1 Å². The van der Waals surface area contributed by atoms with E-state index in [1.54, 1.807) is 0 Å². The van der Waals surface area contributed by atoms with E-state index in [1.807, 2.05) is 20.8 Å². The normalized spacial score (nSPS) is 28.0. The Morgan fingerprint density at radius 1 is 1.00 bits per heavy atom. The zero-order valence-electron chi connectivity index (χ0n) is 23.1. The highest BCUT2D eigenvalue weighted by atomic mass is 35.5. The second kappa shape index (κ2) is 11.6. The van der Waals surface area contributed by atoms with Gasteiger partial charge in [-0.2, -0.15) is 0 Å². The number of urea groups is 1. The van der Waals surface area contributed by atoms with E-state index in [4.69, 9.17) is 28.9 Å². The second-order valence-electron chi connectivity index (χ2n) is 13.1. The number of fused-ring (bicyclic) bond motifs is 1. The molecule has 0 spiro atoms. The quantitative estimate of drug-likeness (QED) is 0.266. The van der Waals surface area contributed by atoms with Gasteiger partial charge in [-0.15, -0.1) is 23.2 Å². The summed E-state index contributed by atoms with van der Waals surface area (Å²) in [6.07, 6.45) is 8.27. The van der Waals surface area contributed by atoms with Crippen LogP contribution in [0.2, 0.25) is 0 Å². The summed E-state index contributed by atoms with van der Waals surface area (Å²) in [6, 6.07) is -2.16. The topological polar surface area (TPSA) is 139 Å². The highest BCUT2D eigenvalue weighted by Crippen LogP contribution is 2.65. The van der Waals surface area contributed by atoms with Crippen LogP contribution >= 0.6 is 23.2 Å². The van der Waals surface area contributed by atoms with Crippen molar-refractivity contribution in [3.8, 4) is 0 Å². The maximum Gasteiger partial charge on any atom is 0.315 e. The SMILES string of the molecule is CC(C)(C)[C@H](NC(=O)NC1CCCCC1)C(=O)N1C[C@H]2[C@@H]([C@H]1C(=O)CC(CC1CCC1)C(=O)C(N)=O)C2(Cl)Cl. The number of primary amides is 1. The summed E-state index contributed by atoms with van der Waals surface area (Å²) < 4.78 is -1.14. The number of rotatable bonds is 10. The number of nitrogens with zero attached hydrogens (tertiary/aromatic N) is 1. The van der Waals surface area contributed by atoms with Crippen molar-refractivity contribution in [1.82, 2.24) is 15.5 Å². The third-order valence-electron chi connectivity index (χ3n) is 9.18. The third-order valence-corrected chi connectivity index (χ3v) is 10.2. The average Bonchev–Trinajstić information content (AvgIpc) is 3.15. The molecule has 3 aliphatic carbocycles. The number of hydrogen-bond acceptors (Lipinski definition) is 5. The van der Waals surface area contributed by atoms with Gasteiger partial charge in [0.25, 0.3) is 5.91 Å². The molecule has 4 N–H and O–H groups in total. The van der Waals surface area contributed by atoms with Crippen molar-refractivity contribution in [1.29, 1.82) is 0 Å². The number of carbonyl (C=O) groups is 5. The van der Waals surface area contributed by atoms with Crippen LogP contribution in [0.25, 0.3) is 0 Å². The van der Waals surface area contributed by atoms with E-state index in [1.165, 1.54) is 4.90 Å². The van der Waals surface area contributed by atoms with Crippen LogP contribution in [0.5, 0.6) is 0 Å². The Morgan fingerprint density at radius 2 is 1.64 bits per heavy atom. The number of nitrogens with one attached hydrogen (secondary N) is 2. The van der Waals surface area contributed by atoms with Crippen LogP contribution in [-0.4, -0.2) is 63.3 Å². The minimum absolute atomic E-state index is 0.0757. The lowest BCUT2D eigenvalue weighted by Crippen LogP contribution is -2.60. The van der Waals surface area contributed by atoms with Gasteiger partial charge < -0.3 is 21.3 Å². The number of ketones is 2. The van der Waals surface area contributed by atoms with Gasteiger partial charge in [-0.1, -0.05) is 59.3 Å². The average molecular weight is 586 g/mol. The molecular weight excluding hydrogens is 543 g/mol. The van der Waals surface area contributed by atoms with Crippen LogP contribution in [0.15, 0.2) is 0 Å². The number of piperidine rings is 1. The van der Waals surface area contributed by atoms with Crippen molar-refractivity contribution in [2.45, 2.75) is 107 Å². The van der Waals surface area contributed by atoms with Crippen LogP contribution in [0.1, 0.15) is 85.0 Å². The summed E-state index contributed by atoms with van der Waals surface area (Å²) in [5, 5.41) is 5.87. The first-order valence-electron chi connectivity index (χ1n) is 14.3. The molecule has 1 heterocycles. The molecule has 39 heavy (non-hydrogen) atoms. The largest absolute Gasteiger partial charge is 0.363 e. The molecule has 1 saturated heterocycles. The number of alkyl halides is 2. The highest BCUT2D eigenvalue weighted by molar-refractivity contribution is 6.51. The first kappa shape index (κ1) is 30.1. The molecule has 4 aliphatic rings. The van der Waals surface area contributed by atoms with Gasteiger partial charge >= 0.3 is 6.03 Å². The summed E-state index contributed by atoms with van der Waals surface area (Å²) >= 11 is 13.0. The molecule has 3 saturated carbocycles. The van der Waals surface area contributed by atoms with Gasteiger partial charge in [0, 0.05) is 36.8 Å². The van der Waals surface area contributed by atoms with E-state index in [0.29, 0.717) is 6.42 Å². The molecule has 5 atom stereocenters. The molecule has 4 rings (SSSR count). The van der Waals surface area contributed by atoms with Crippen molar-refractivity contribution >= 4 is 52.6 Å². The Bertz CT molecular complexity index is 1000. The van der Waals surface area contributed by atoms with E-state index in [9.17, 15) is 24.0 Å². The molecule has 218 valence electrons. The first-order valence-corrected chi connectivity index (χ1v) is 15.1. The van der Waals surface area contributed by atoms with Crippen LogP contribution in [0.3, 0.4) is 0 Å². The molecule has 4 fully saturated rings. The lowest BCUT2D eigenvalue weighted by atomic mass is 9.76. The molecule has 0 bridgehead atoms. The molecule has 1 unspecified atom stereocenters. The summed E-state index contributed by atoms with van der Waals surface area (Å²) in [5.41, 5.74) is 4.66. The van der Waals surface area contributed by atoms with Gasteiger partial charge in [-0.05, 0) is 30.6 Å². The Balaban J connectivity index is 1.50. The predicted molar refractivity (Wildman–Crippen MR) is 148 cm³/mol. The molecular formula is C28H42Cl2N4O5. The first-order chi connectivity index (χ1) is 18.2. The Morgan fingerprint density at radius 3 is 2.18 bits per heavy atom. The molecule has 9 nitrogen and oxygen atoms in total. The highest BCUT2D eigenvalue weighted by Gasteiger charge is 2.73. The molecule has 4 amide bonds. The zero-order valence-corrected chi connectivity index (χ0v) is 24.7.